The second kappa shape index (κ2) is 8.88. The number of rotatable bonds is 5. The highest BCUT2D eigenvalue weighted by Crippen LogP contribution is 2.29. The second-order valence-corrected chi connectivity index (χ2v) is 7.28. The zero-order valence-corrected chi connectivity index (χ0v) is 17.0. The summed E-state index contributed by atoms with van der Waals surface area (Å²) >= 11 is 0. The smallest absolute Gasteiger partial charge is 0.279 e. The van der Waals surface area contributed by atoms with Crippen LogP contribution in [-0.2, 0) is 0 Å². The molecule has 11 nitrogen and oxygen atoms in total. The third-order valence-corrected chi connectivity index (χ3v) is 5.19. The Morgan fingerprint density at radius 1 is 0.903 bits per heavy atom. The van der Waals surface area contributed by atoms with Crippen LogP contribution in [0.5, 0.6) is 0 Å². The van der Waals surface area contributed by atoms with Crippen molar-refractivity contribution in [3.8, 4) is 0 Å². The summed E-state index contributed by atoms with van der Waals surface area (Å²) in [6.45, 7) is 4.13. The highest BCUT2D eigenvalue weighted by Gasteiger charge is 2.25. The molecular formula is C20H21N5O6. The van der Waals surface area contributed by atoms with Crippen LogP contribution >= 0.6 is 0 Å². The number of nitrogens with zero attached hydrogens (tertiary/aromatic N) is 4. The van der Waals surface area contributed by atoms with Gasteiger partial charge in [0.15, 0.2) is 0 Å². The number of benzene rings is 2. The minimum absolute atomic E-state index is 0.101. The minimum atomic E-state index is -0.766. The molecule has 2 aromatic rings. The average Bonchev–Trinajstić information content (AvgIpc) is 2.74. The quantitative estimate of drug-likeness (QED) is 0.571. The lowest BCUT2D eigenvalue weighted by Gasteiger charge is -2.32. The van der Waals surface area contributed by atoms with Gasteiger partial charge in [0, 0.05) is 49.6 Å². The third kappa shape index (κ3) is 4.83. The predicted octanol–water partition coefficient (Wildman–Crippen LogP) is 2.45. The lowest BCUT2D eigenvalue weighted by molar-refractivity contribution is -0.395. The van der Waals surface area contributed by atoms with Crippen LogP contribution in [0.25, 0.3) is 0 Å². The van der Waals surface area contributed by atoms with E-state index in [1.54, 1.807) is 17.0 Å². The predicted molar refractivity (Wildman–Crippen MR) is 112 cm³/mol. The molecule has 1 saturated heterocycles. The Bertz CT molecular complexity index is 1010. The Hall–Kier alpha value is -3.86. The van der Waals surface area contributed by atoms with Gasteiger partial charge in [0.1, 0.15) is 5.56 Å². The number of anilines is 1. The monoisotopic (exact) mass is 427 g/mol. The molecule has 162 valence electrons. The van der Waals surface area contributed by atoms with Gasteiger partial charge < -0.3 is 15.1 Å². The first-order valence-corrected chi connectivity index (χ1v) is 9.50. The maximum Gasteiger partial charge on any atom is 0.279 e. The van der Waals surface area contributed by atoms with E-state index in [2.05, 4.69) is 10.2 Å². The number of nitrogens with one attached hydrogen (secondary N) is 1. The van der Waals surface area contributed by atoms with Gasteiger partial charge in [-0.3, -0.25) is 29.8 Å². The maximum atomic E-state index is 12.6. The first kappa shape index (κ1) is 21.8. The molecule has 1 aliphatic rings. The molecule has 1 heterocycles. The van der Waals surface area contributed by atoms with E-state index in [1.807, 2.05) is 7.05 Å². The van der Waals surface area contributed by atoms with Crippen molar-refractivity contribution in [3.05, 3.63) is 73.3 Å². The summed E-state index contributed by atoms with van der Waals surface area (Å²) in [6, 6.07) is 8.24. The lowest BCUT2D eigenvalue weighted by atomic mass is 10.1. The van der Waals surface area contributed by atoms with Crippen molar-refractivity contribution in [1.29, 1.82) is 0 Å². The Labute approximate surface area is 177 Å². The molecule has 0 bridgehead atoms. The normalized spacial score (nSPS) is 14.2. The first-order valence-electron chi connectivity index (χ1n) is 9.50. The molecule has 1 fully saturated rings. The van der Waals surface area contributed by atoms with E-state index in [1.165, 1.54) is 19.1 Å². The molecule has 2 aromatic carbocycles. The SMILES string of the molecule is Cc1c([N+](=O)[O-])cc(C(=O)Nc2ccc(C(=O)N3CCN(C)CC3)cc2)cc1[N+](=O)[O-]. The molecule has 2 amide bonds. The van der Waals surface area contributed by atoms with Crippen LogP contribution in [0.2, 0.25) is 0 Å². The first-order chi connectivity index (χ1) is 14.7. The zero-order chi connectivity index (χ0) is 22.7. The van der Waals surface area contributed by atoms with Crippen LogP contribution < -0.4 is 5.32 Å². The standard InChI is InChI=1S/C20H21N5O6/c1-13-17(24(28)29)11-15(12-18(13)25(30)31)19(26)21-16-5-3-14(4-6-16)20(27)23-9-7-22(2)8-10-23/h3-6,11-12H,7-10H2,1-2H3,(H,21,26). The summed E-state index contributed by atoms with van der Waals surface area (Å²) in [5, 5.41) is 24.9. The lowest BCUT2D eigenvalue weighted by Crippen LogP contribution is -2.47. The number of likely N-dealkylation sites (N-methyl/N-ethyl adjacent to an activating group) is 1. The van der Waals surface area contributed by atoms with Crippen molar-refractivity contribution in [1.82, 2.24) is 9.80 Å². The van der Waals surface area contributed by atoms with E-state index in [-0.39, 0.29) is 17.0 Å². The van der Waals surface area contributed by atoms with Crippen LogP contribution in [0.3, 0.4) is 0 Å². The topological polar surface area (TPSA) is 139 Å². The summed E-state index contributed by atoms with van der Waals surface area (Å²) in [5.74, 6) is -0.833. The second-order valence-electron chi connectivity index (χ2n) is 7.28. The third-order valence-electron chi connectivity index (χ3n) is 5.19. The summed E-state index contributed by atoms with van der Waals surface area (Å²) in [5.41, 5.74) is -0.519. The van der Waals surface area contributed by atoms with Crippen molar-refractivity contribution in [2.24, 2.45) is 0 Å². The molecular weight excluding hydrogens is 406 g/mol. The molecule has 0 spiro atoms. The zero-order valence-electron chi connectivity index (χ0n) is 17.0. The molecule has 0 saturated carbocycles. The fourth-order valence-corrected chi connectivity index (χ4v) is 3.29. The summed E-state index contributed by atoms with van der Waals surface area (Å²) in [7, 11) is 2.00. The van der Waals surface area contributed by atoms with Gasteiger partial charge >= 0.3 is 0 Å². The van der Waals surface area contributed by atoms with E-state index in [9.17, 15) is 29.8 Å². The number of carbonyl (C=O) groups excluding carboxylic acids is 2. The van der Waals surface area contributed by atoms with E-state index in [0.29, 0.717) is 24.3 Å². The average molecular weight is 427 g/mol. The highest BCUT2D eigenvalue weighted by atomic mass is 16.6. The van der Waals surface area contributed by atoms with Gasteiger partial charge in [0.25, 0.3) is 23.2 Å². The van der Waals surface area contributed by atoms with Crippen molar-refractivity contribution in [3.63, 3.8) is 0 Å². The Morgan fingerprint density at radius 2 is 1.42 bits per heavy atom. The highest BCUT2D eigenvalue weighted by molar-refractivity contribution is 6.05. The molecule has 0 radical (unpaired) electrons. The Kier molecular flexibility index (Phi) is 6.25. The largest absolute Gasteiger partial charge is 0.336 e. The molecule has 31 heavy (non-hydrogen) atoms. The van der Waals surface area contributed by atoms with E-state index >= 15 is 0 Å². The van der Waals surface area contributed by atoms with Crippen LogP contribution in [0.4, 0.5) is 17.1 Å². The Balaban J connectivity index is 1.76. The number of hydrogen-bond acceptors (Lipinski definition) is 7. The number of hydrogen-bond donors (Lipinski definition) is 1. The van der Waals surface area contributed by atoms with Gasteiger partial charge in [0.05, 0.1) is 15.4 Å². The van der Waals surface area contributed by atoms with Crippen molar-refractivity contribution in [2.45, 2.75) is 6.92 Å². The van der Waals surface area contributed by atoms with Gasteiger partial charge in [-0.15, -0.1) is 0 Å². The molecule has 3 rings (SSSR count). The van der Waals surface area contributed by atoms with Gasteiger partial charge in [-0.05, 0) is 38.2 Å². The van der Waals surface area contributed by atoms with Crippen molar-refractivity contribution < 1.29 is 19.4 Å². The number of carbonyl (C=O) groups is 2. The van der Waals surface area contributed by atoms with Crippen LogP contribution in [0, 0.1) is 27.2 Å². The molecule has 0 aromatic heterocycles. The molecule has 1 aliphatic heterocycles. The number of nitro benzene ring substituents is 2. The van der Waals surface area contributed by atoms with Gasteiger partial charge in [-0.25, -0.2) is 0 Å². The van der Waals surface area contributed by atoms with Gasteiger partial charge in [0.2, 0.25) is 0 Å². The van der Waals surface area contributed by atoms with Crippen LogP contribution in [-0.4, -0.2) is 64.7 Å². The van der Waals surface area contributed by atoms with Crippen molar-refractivity contribution in [2.75, 3.05) is 38.5 Å². The van der Waals surface area contributed by atoms with Crippen molar-refractivity contribution >= 4 is 28.9 Å². The molecule has 0 atom stereocenters. The molecule has 0 unspecified atom stereocenters. The Morgan fingerprint density at radius 3 is 1.90 bits per heavy atom. The van der Waals surface area contributed by atoms with E-state index in [4.69, 9.17) is 0 Å². The number of amides is 2. The van der Waals surface area contributed by atoms with E-state index in [0.717, 1.165) is 25.2 Å². The molecule has 1 N–H and O–H groups in total. The number of piperazine rings is 1. The molecule has 0 aliphatic carbocycles. The van der Waals surface area contributed by atoms with Crippen LogP contribution in [0.15, 0.2) is 36.4 Å². The summed E-state index contributed by atoms with van der Waals surface area (Å²) in [4.78, 5) is 49.9. The van der Waals surface area contributed by atoms with E-state index < -0.39 is 27.1 Å². The molecule has 11 heteroatoms. The number of nitro groups is 2. The summed E-state index contributed by atoms with van der Waals surface area (Å²) in [6.07, 6.45) is 0. The summed E-state index contributed by atoms with van der Waals surface area (Å²) < 4.78 is 0. The van der Waals surface area contributed by atoms with Crippen LogP contribution in [0.1, 0.15) is 26.3 Å². The maximum absolute atomic E-state index is 12.6. The van der Waals surface area contributed by atoms with Gasteiger partial charge in [-0.1, -0.05) is 0 Å². The van der Waals surface area contributed by atoms with Gasteiger partial charge in [-0.2, -0.15) is 0 Å². The fourth-order valence-electron chi connectivity index (χ4n) is 3.29. The minimum Gasteiger partial charge on any atom is -0.336 e. The fraction of sp³-hybridized carbons (Fsp3) is 0.300.